The van der Waals surface area contributed by atoms with Crippen molar-refractivity contribution in [1.82, 2.24) is 5.32 Å². The number of hydrogen-bond acceptors (Lipinski definition) is 7. The highest BCUT2D eigenvalue weighted by Crippen LogP contribution is 2.47. The van der Waals surface area contributed by atoms with Crippen molar-refractivity contribution < 1.29 is 28.5 Å². The van der Waals surface area contributed by atoms with Crippen molar-refractivity contribution >= 4 is 11.8 Å². The summed E-state index contributed by atoms with van der Waals surface area (Å²) in [6.07, 6.45) is 1.15. The summed E-state index contributed by atoms with van der Waals surface area (Å²) < 4.78 is 22.0. The number of allylic oxidation sites excluding steroid dienone is 3. The van der Waals surface area contributed by atoms with E-state index in [0.29, 0.717) is 54.6 Å². The SMILES string of the molecule is CCOCCOC(=O)C1=C(C)NC2=C(C(=O)CC(C)(C)C2)C1c1ccc(OCC)c(OC)c1. The first-order valence-electron chi connectivity index (χ1n) is 11.5. The fourth-order valence-electron chi connectivity index (χ4n) is 4.59. The average molecular weight is 458 g/mol. The van der Waals surface area contributed by atoms with Crippen molar-refractivity contribution in [3.63, 3.8) is 0 Å². The molecule has 180 valence electrons. The second kappa shape index (κ2) is 10.4. The van der Waals surface area contributed by atoms with Gasteiger partial charge in [0, 0.05) is 35.9 Å². The Labute approximate surface area is 196 Å². The summed E-state index contributed by atoms with van der Waals surface area (Å²) in [5.74, 6) is 0.208. The molecule has 1 aliphatic heterocycles. The fraction of sp³-hybridized carbons (Fsp3) is 0.538. The van der Waals surface area contributed by atoms with Gasteiger partial charge in [-0.2, -0.15) is 0 Å². The van der Waals surface area contributed by atoms with Gasteiger partial charge in [0.25, 0.3) is 0 Å². The molecule has 0 bridgehead atoms. The molecule has 0 spiro atoms. The molecule has 7 nitrogen and oxygen atoms in total. The van der Waals surface area contributed by atoms with Gasteiger partial charge in [-0.05, 0) is 50.3 Å². The zero-order valence-corrected chi connectivity index (χ0v) is 20.5. The molecule has 2 aliphatic rings. The number of Topliss-reactive ketones (excluding diaryl/α,β-unsaturated/α-hetero) is 1. The standard InChI is InChI=1S/C26H35NO6/c1-7-31-11-12-33-25(29)22-16(3)27-18-14-26(4,5)15-19(28)24(18)23(22)17-9-10-20(32-8-2)21(13-17)30-6/h9-10,13,23,27H,7-8,11-12,14-15H2,1-6H3. The molecule has 7 heteroatoms. The van der Waals surface area contributed by atoms with Crippen molar-refractivity contribution in [3.05, 3.63) is 46.3 Å². The molecule has 33 heavy (non-hydrogen) atoms. The molecule has 1 heterocycles. The lowest BCUT2D eigenvalue weighted by Gasteiger charge is -2.39. The molecule has 1 unspecified atom stereocenters. The van der Waals surface area contributed by atoms with Gasteiger partial charge in [0.05, 0.1) is 25.9 Å². The molecule has 0 radical (unpaired) electrons. The summed E-state index contributed by atoms with van der Waals surface area (Å²) in [4.78, 5) is 26.6. The number of ether oxygens (including phenoxy) is 4. The van der Waals surface area contributed by atoms with E-state index < -0.39 is 11.9 Å². The minimum Gasteiger partial charge on any atom is -0.493 e. The van der Waals surface area contributed by atoms with Crippen LogP contribution in [0.2, 0.25) is 0 Å². The lowest BCUT2D eigenvalue weighted by Crippen LogP contribution is -2.38. The number of methoxy groups -OCH3 is 1. The highest BCUT2D eigenvalue weighted by molar-refractivity contribution is 6.04. The van der Waals surface area contributed by atoms with Crippen LogP contribution < -0.4 is 14.8 Å². The molecule has 0 aromatic heterocycles. The molecule has 0 saturated heterocycles. The summed E-state index contributed by atoms with van der Waals surface area (Å²) in [6, 6.07) is 5.56. The number of rotatable bonds is 9. The summed E-state index contributed by atoms with van der Waals surface area (Å²) in [5, 5.41) is 3.35. The van der Waals surface area contributed by atoms with Crippen LogP contribution in [0.3, 0.4) is 0 Å². The first-order chi connectivity index (χ1) is 15.7. The van der Waals surface area contributed by atoms with E-state index in [9.17, 15) is 9.59 Å². The molecule has 1 N–H and O–H groups in total. The molecule has 1 aromatic carbocycles. The van der Waals surface area contributed by atoms with Crippen LogP contribution in [0, 0.1) is 5.41 Å². The van der Waals surface area contributed by atoms with Crippen LogP contribution in [0.1, 0.15) is 58.9 Å². The topological polar surface area (TPSA) is 83.1 Å². The third kappa shape index (κ3) is 5.41. The molecule has 1 aliphatic carbocycles. The first-order valence-corrected chi connectivity index (χ1v) is 11.5. The summed E-state index contributed by atoms with van der Waals surface area (Å²) in [6.45, 7) is 11.3. The Kier molecular flexibility index (Phi) is 7.84. The molecular formula is C26H35NO6. The van der Waals surface area contributed by atoms with Crippen LogP contribution in [0.4, 0.5) is 0 Å². The Bertz CT molecular complexity index is 975. The monoisotopic (exact) mass is 457 g/mol. The summed E-state index contributed by atoms with van der Waals surface area (Å²) in [5.41, 5.74) is 3.26. The smallest absolute Gasteiger partial charge is 0.336 e. The van der Waals surface area contributed by atoms with E-state index in [-0.39, 0.29) is 17.8 Å². The van der Waals surface area contributed by atoms with Crippen LogP contribution in [0.5, 0.6) is 11.5 Å². The molecule has 0 fully saturated rings. The number of nitrogens with one attached hydrogen (secondary N) is 1. The zero-order valence-electron chi connectivity index (χ0n) is 20.5. The predicted molar refractivity (Wildman–Crippen MR) is 125 cm³/mol. The molecule has 1 atom stereocenters. The quantitative estimate of drug-likeness (QED) is 0.438. The Morgan fingerprint density at radius 1 is 1.12 bits per heavy atom. The van der Waals surface area contributed by atoms with Gasteiger partial charge in [-0.3, -0.25) is 4.79 Å². The van der Waals surface area contributed by atoms with Crippen LogP contribution in [-0.4, -0.2) is 45.3 Å². The van der Waals surface area contributed by atoms with E-state index in [2.05, 4.69) is 19.2 Å². The minimum atomic E-state index is -0.547. The van der Waals surface area contributed by atoms with Gasteiger partial charge in [-0.15, -0.1) is 0 Å². The fourth-order valence-corrected chi connectivity index (χ4v) is 4.59. The highest BCUT2D eigenvalue weighted by Gasteiger charge is 2.43. The molecule has 3 rings (SSSR count). The van der Waals surface area contributed by atoms with Gasteiger partial charge < -0.3 is 24.3 Å². The molecule has 0 amide bonds. The zero-order chi connectivity index (χ0) is 24.2. The van der Waals surface area contributed by atoms with Crippen molar-refractivity contribution in [1.29, 1.82) is 0 Å². The summed E-state index contributed by atoms with van der Waals surface area (Å²) >= 11 is 0. The molecule has 0 saturated carbocycles. The maximum atomic E-state index is 13.4. The lowest BCUT2D eigenvalue weighted by atomic mass is 9.68. The number of dihydropyridines is 1. The van der Waals surface area contributed by atoms with E-state index in [1.165, 1.54) is 0 Å². The largest absolute Gasteiger partial charge is 0.493 e. The maximum absolute atomic E-state index is 13.4. The van der Waals surface area contributed by atoms with Gasteiger partial charge in [-0.25, -0.2) is 4.79 Å². The highest BCUT2D eigenvalue weighted by atomic mass is 16.6. The molecular weight excluding hydrogens is 422 g/mol. The number of esters is 1. The van der Waals surface area contributed by atoms with E-state index in [1.54, 1.807) is 7.11 Å². The number of hydrogen-bond donors (Lipinski definition) is 1. The predicted octanol–water partition coefficient (Wildman–Crippen LogP) is 4.28. The lowest BCUT2D eigenvalue weighted by molar-refractivity contribution is -0.140. The van der Waals surface area contributed by atoms with Gasteiger partial charge in [0.2, 0.25) is 0 Å². The van der Waals surface area contributed by atoms with Gasteiger partial charge >= 0.3 is 5.97 Å². The average Bonchev–Trinajstić information content (AvgIpc) is 2.75. The van der Waals surface area contributed by atoms with Gasteiger partial charge in [-0.1, -0.05) is 19.9 Å². The van der Waals surface area contributed by atoms with Crippen LogP contribution >= 0.6 is 0 Å². The van der Waals surface area contributed by atoms with Gasteiger partial charge in [0.15, 0.2) is 17.3 Å². The first kappa shape index (κ1) is 24.8. The van der Waals surface area contributed by atoms with Crippen molar-refractivity contribution in [2.24, 2.45) is 5.41 Å². The minimum absolute atomic E-state index is 0.0405. The Hall–Kier alpha value is -2.80. The third-order valence-corrected chi connectivity index (χ3v) is 5.95. The second-order valence-corrected chi connectivity index (χ2v) is 9.11. The van der Waals surface area contributed by atoms with Crippen molar-refractivity contribution in [3.8, 4) is 11.5 Å². The van der Waals surface area contributed by atoms with E-state index in [1.807, 2.05) is 39.0 Å². The number of carbonyl (C=O) groups excluding carboxylic acids is 2. The Morgan fingerprint density at radius 3 is 2.55 bits per heavy atom. The molecule has 1 aromatic rings. The summed E-state index contributed by atoms with van der Waals surface area (Å²) in [7, 11) is 1.58. The van der Waals surface area contributed by atoms with Crippen molar-refractivity contribution in [2.45, 2.75) is 53.4 Å². The van der Waals surface area contributed by atoms with Crippen LogP contribution in [0.25, 0.3) is 0 Å². The normalized spacial score (nSPS) is 19.7. The van der Waals surface area contributed by atoms with Gasteiger partial charge in [0.1, 0.15) is 6.61 Å². The Balaban J connectivity index is 2.08. The van der Waals surface area contributed by atoms with Crippen LogP contribution in [0.15, 0.2) is 40.7 Å². The number of carbonyl (C=O) groups is 2. The third-order valence-electron chi connectivity index (χ3n) is 5.95. The Morgan fingerprint density at radius 2 is 1.88 bits per heavy atom. The maximum Gasteiger partial charge on any atom is 0.336 e. The van der Waals surface area contributed by atoms with Crippen LogP contribution in [-0.2, 0) is 19.1 Å². The van der Waals surface area contributed by atoms with E-state index >= 15 is 0 Å². The second-order valence-electron chi connectivity index (χ2n) is 9.11. The van der Waals surface area contributed by atoms with E-state index in [4.69, 9.17) is 18.9 Å². The van der Waals surface area contributed by atoms with E-state index in [0.717, 1.165) is 17.7 Å². The van der Waals surface area contributed by atoms with Crippen molar-refractivity contribution in [2.75, 3.05) is 33.5 Å². The number of benzene rings is 1. The number of ketones is 1.